The van der Waals surface area contributed by atoms with E-state index in [4.69, 9.17) is 5.11 Å². The Morgan fingerprint density at radius 3 is 1.62 bits per heavy atom. The van der Waals surface area contributed by atoms with Crippen LogP contribution in [-0.4, -0.2) is 23.3 Å². The van der Waals surface area contributed by atoms with Gasteiger partial charge >= 0.3 is 0 Å². The summed E-state index contributed by atoms with van der Waals surface area (Å²) in [6, 6.07) is 0. The summed E-state index contributed by atoms with van der Waals surface area (Å²) >= 11 is 4.52. The quantitative estimate of drug-likeness (QED) is 0.583. The van der Waals surface area contributed by atoms with Gasteiger partial charge in [0.25, 0.3) is 6.43 Å². The zero-order valence-electron chi connectivity index (χ0n) is 3.69. The van der Waals surface area contributed by atoms with Crippen LogP contribution in [0.25, 0.3) is 0 Å². The van der Waals surface area contributed by atoms with Crippen LogP contribution in [0.1, 0.15) is 0 Å². The smallest absolute Gasteiger partial charge is 0.273 e. The summed E-state index contributed by atoms with van der Waals surface area (Å²) in [7, 11) is 0. The molecule has 0 heterocycles. The summed E-state index contributed by atoms with van der Waals surface area (Å²) in [6.07, 6.45) is -5.85. The van der Waals surface area contributed by atoms with Gasteiger partial charge in [-0.1, -0.05) is 11.6 Å². The van der Waals surface area contributed by atoms with Gasteiger partial charge in [0.05, 0.1) is 0 Å². The molecule has 8 heavy (non-hydrogen) atoms. The molecule has 0 bridgehead atoms. The molecule has 0 amide bonds. The lowest BCUT2D eigenvalue weighted by Gasteiger charge is -2.05. The van der Waals surface area contributed by atoms with E-state index < -0.39 is 18.2 Å². The van der Waals surface area contributed by atoms with Crippen LogP contribution in [0.5, 0.6) is 0 Å². The summed E-state index contributed by atoms with van der Waals surface area (Å²) in [5.41, 5.74) is -2.10. The third kappa shape index (κ3) is 2.37. The van der Waals surface area contributed by atoms with Crippen LogP contribution in [0, 0.1) is 0 Å². The molecule has 0 radical (unpaired) electrons. The Bertz CT molecular complexity index is 59.5. The minimum absolute atomic E-state index is 2.10. The molecule has 0 saturated carbocycles. The van der Waals surface area contributed by atoms with Gasteiger partial charge in [-0.05, 0) is 0 Å². The Morgan fingerprint density at radius 2 is 1.62 bits per heavy atom. The SMILES string of the molecule is OC(Cl)C(F)C(F)F. The molecule has 0 saturated heterocycles. The normalized spacial score (nSPS) is 18.8. The van der Waals surface area contributed by atoms with Crippen molar-refractivity contribution in [2.45, 2.75) is 18.2 Å². The third-order valence-electron chi connectivity index (χ3n) is 0.503. The Morgan fingerprint density at radius 1 is 1.25 bits per heavy atom. The van der Waals surface area contributed by atoms with Crippen molar-refractivity contribution in [2.24, 2.45) is 0 Å². The third-order valence-corrected chi connectivity index (χ3v) is 0.744. The highest BCUT2D eigenvalue weighted by atomic mass is 35.5. The van der Waals surface area contributed by atoms with Crippen molar-refractivity contribution in [2.75, 3.05) is 0 Å². The molecule has 0 aromatic carbocycles. The Hall–Kier alpha value is 0.0400. The lowest BCUT2D eigenvalue weighted by atomic mass is 10.4. The second-order valence-corrected chi connectivity index (χ2v) is 1.60. The number of alkyl halides is 4. The number of hydrogen-bond donors (Lipinski definition) is 1. The first-order valence-electron chi connectivity index (χ1n) is 1.80. The molecule has 0 aromatic rings. The predicted octanol–water partition coefficient (Wildman–Crippen LogP) is 1.15. The number of aliphatic hydroxyl groups excluding tert-OH is 1. The van der Waals surface area contributed by atoms with E-state index in [1.54, 1.807) is 0 Å². The molecule has 2 atom stereocenters. The average molecular weight is 149 g/mol. The predicted molar refractivity (Wildman–Crippen MR) is 22.8 cm³/mol. The van der Waals surface area contributed by atoms with E-state index in [1.807, 2.05) is 0 Å². The molecule has 0 aliphatic rings. The fraction of sp³-hybridized carbons (Fsp3) is 1.00. The second kappa shape index (κ2) is 3.14. The molecule has 5 heteroatoms. The van der Waals surface area contributed by atoms with Crippen LogP contribution in [0.4, 0.5) is 13.2 Å². The van der Waals surface area contributed by atoms with Gasteiger partial charge in [-0.2, -0.15) is 0 Å². The monoisotopic (exact) mass is 148 g/mol. The standard InChI is InChI=1S/C3H4ClF3O/c4-2(8)1(5)3(6)7/h1-3,8H. The maximum absolute atomic E-state index is 11.5. The summed E-state index contributed by atoms with van der Waals surface area (Å²) in [6.45, 7) is 0. The highest BCUT2D eigenvalue weighted by Gasteiger charge is 2.25. The molecule has 0 aromatic heterocycles. The van der Waals surface area contributed by atoms with Crippen molar-refractivity contribution in [1.29, 1.82) is 0 Å². The molecule has 1 N–H and O–H groups in total. The van der Waals surface area contributed by atoms with E-state index in [9.17, 15) is 13.2 Å². The summed E-state index contributed by atoms with van der Waals surface area (Å²) in [5, 5.41) is 7.90. The van der Waals surface area contributed by atoms with E-state index >= 15 is 0 Å². The summed E-state index contributed by atoms with van der Waals surface area (Å²) < 4.78 is 33.6. The van der Waals surface area contributed by atoms with Crippen LogP contribution in [0.2, 0.25) is 0 Å². The lowest BCUT2D eigenvalue weighted by molar-refractivity contribution is 0.00194. The first kappa shape index (κ1) is 8.04. The zero-order chi connectivity index (χ0) is 6.73. The van der Waals surface area contributed by atoms with Crippen molar-refractivity contribution in [1.82, 2.24) is 0 Å². The van der Waals surface area contributed by atoms with E-state index in [0.29, 0.717) is 0 Å². The van der Waals surface area contributed by atoms with Crippen LogP contribution in [-0.2, 0) is 0 Å². The van der Waals surface area contributed by atoms with Gasteiger partial charge < -0.3 is 5.11 Å². The zero-order valence-corrected chi connectivity index (χ0v) is 4.45. The van der Waals surface area contributed by atoms with Gasteiger partial charge in [0.1, 0.15) is 0 Å². The van der Waals surface area contributed by atoms with Gasteiger partial charge in [0.15, 0.2) is 11.7 Å². The fourth-order valence-corrected chi connectivity index (χ4v) is 0.230. The first-order chi connectivity index (χ1) is 3.55. The van der Waals surface area contributed by atoms with Crippen molar-refractivity contribution in [3.05, 3.63) is 0 Å². The molecule has 1 nitrogen and oxygen atoms in total. The van der Waals surface area contributed by atoms with Crippen molar-refractivity contribution >= 4 is 11.6 Å². The topological polar surface area (TPSA) is 20.2 Å². The van der Waals surface area contributed by atoms with Gasteiger partial charge in [-0.15, -0.1) is 0 Å². The molecular formula is C3H4ClF3O. The molecular weight excluding hydrogens is 144 g/mol. The maximum Gasteiger partial charge on any atom is 0.273 e. The Labute approximate surface area is 49.1 Å². The van der Waals surface area contributed by atoms with Crippen molar-refractivity contribution in [3.63, 3.8) is 0 Å². The van der Waals surface area contributed by atoms with Gasteiger partial charge in [0.2, 0.25) is 0 Å². The molecule has 0 fully saturated rings. The number of halogens is 4. The van der Waals surface area contributed by atoms with E-state index in [2.05, 4.69) is 11.6 Å². The Balaban J connectivity index is 3.46. The maximum atomic E-state index is 11.5. The van der Waals surface area contributed by atoms with E-state index in [0.717, 1.165) is 0 Å². The van der Waals surface area contributed by atoms with Crippen molar-refractivity contribution < 1.29 is 18.3 Å². The van der Waals surface area contributed by atoms with Crippen molar-refractivity contribution in [3.8, 4) is 0 Å². The van der Waals surface area contributed by atoms with Crippen LogP contribution in [0.3, 0.4) is 0 Å². The van der Waals surface area contributed by atoms with Gasteiger partial charge in [0, 0.05) is 0 Å². The minimum atomic E-state index is -3.21. The van der Waals surface area contributed by atoms with E-state index in [-0.39, 0.29) is 0 Å². The first-order valence-corrected chi connectivity index (χ1v) is 2.23. The largest absolute Gasteiger partial charge is 0.374 e. The highest BCUT2D eigenvalue weighted by molar-refractivity contribution is 6.19. The highest BCUT2D eigenvalue weighted by Crippen LogP contribution is 2.11. The van der Waals surface area contributed by atoms with Gasteiger partial charge in [-0.25, -0.2) is 13.2 Å². The second-order valence-electron chi connectivity index (χ2n) is 1.15. The number of aliphatic hydroxyl groups is 1. The molecule has 0 aliphatic heterocycles. The number of hydrogen-bond acceptors (Lipinski definition) is 1. The molecule has 0 spiro atoms. The molecule has 50 valence electrons. The molecule has 0 aliphatic carbocycles. The minimum Gasteiger partial charge on any atom is -0.374 e. The van der Waals surface area contributed by atoms with Crippen LogP contribution < -0.4 is 0 Å². The van der Waals surface area contributed by atoms with E-state index in [1.165, 1.54) is 0 Å². The summed E-state index contributed by atoms with van der Waals surface area (Å²) in [4.78, 5) is 0. The van der Waals surface area contributed by atoms with Gasteiger partial charge in [-0.3, -0.25) is 0 Å². The Kier molecular flexibility index (Phi) is 3.16. The summed E-state index contributed by atoms with van der Waals surface area (Å²) in [5.74, 6) is 0. The average Bonchev–Trinajstić information content (AvgIpc) is 1.64. The van der Waals surface area contributed by atoms with Crippen LogP contribution >= 0.6 is 11.6 Å². The molecule has 0 rings (SSSR count). The van der Waals surface area contributed by atoms with Crippen LogP contribution in [0.15, 0.2) is 0 Å². The fourth-order valence-electron chi connectivity index (χ4n) is 0.120. The molecule has 2 unspecified atom stereocenters. The number of rotatable bonds is 2. The lowest BCUT2D eigenvalue weighted by Crippen LogP contribution is -2.23.